The van der Waals surface area contributed by atoms with Crippen LogP contribution in [0.3, 0.4) is 0 Å². The summed E-state index contributed by atoms with van der Waals surface area (Å²) in [5.41, 5.74) is 1.09. The Bertz CT molecular complexity index is 1170. The highest BCUT2D eigenvalue weighted by atomic mass is 16.6. The zero-order chi connectivity index (χ0) is 16.8. The number of rotatable bonds is 2. The lowest BCUT2D eigenvalue weighted by molar-refractivity contribution is -0.384. The topological polar surface area (TPSA) is 91.2 Å². The number of nitrogens with zero attached hydrogens (tertiary/aromatic N) is 3. The molecular weight excluding hydrogens is 310 g/mol. The maximum absolute atomic E-state index is 12.3. The summed E-state index contributed by atoms with van der Waals surface area (Å²) in [6, 6.07) is 13.4. The summed E-state index contributed by atoms with van der Waals surface area (Å²) in [7, 11) is 0. The summed E-state index contributed by atoms with van der Waals surface area (Å²) in [5.74, 6) is 0. The minimum absolute atomic E-state index is 0.0841. The molecule has 2 heterocycles. The lowest BCUT2D eigenvalue weighted by Crippen LogP contribution is -2.03. The fourth-order valence-electron chi connectivity index (χ4n) is 2.89. The van der Waals surface area contributed by atoms with E-state index in [2.05, 4.69) is 5.10 Å². The van der Waals surface area contributed by atoms with Crippen LogP contribution in [0.4, 0.5) is 5.69 Å². The van der Waals surface area contributed by atoms with E-state index in [1.807, 2.05) is 6.07 Å². The van der Waals surface area contributed by atoms with E-state index in [1.54, 1.807) is 43.3 Å². The van der Waals surface area contributed by atoms with Gasteiger partial charge in [0.05, 0.1) is 16.1 Å². The monoisotopic (exact) mass is 321 g/mol. The van der Waals surface area contributed by atoms with Crippen molar-refractivity contribution in [3.05, 3.63) is 74.8 Å². The molecule has 0 unspecified atom stereocenters. The number of para-hydroxylation sites is 3. The smallest absolute Gasteiger partial charge is 0.347 e. The SMILES string of the molecule is Cc1nn(-c2ccccc2[N+](=O)[O-])c2c1c(=O)oc1ccccc12. The van der Waals surface area contributed by atoms with Crippen LogP contribution in [-0.2, 0) is 0 Å². The van der Waals surface area contributed by atoms with Gasteiger partial charge in [0.25, 0.3) is 5.69 Å². The van der Waals surface area contributed by atoms with E-state index in [-0.39, 0.29) is 5.69 Å². The van der Waals surface area contributed by atoms with E-state index in [1.165, 1.54) is 10.7 Å². The number of hydrogen-bond donors (Lipinski definition) is 0. The van der Waals surface area contributed by atoms with Gasteiger partial charge < -0.3 is 4.42 Å². The first kappa shape index (κ1) is 14.1. The van der Waals surface area contributed by atoms with Gasteiger partial charge in [0.2, 0.25) is 0 Å². The first-order valence-electron chi connectivity index (χ1n) is 7.23. The van der Waals surface area contributed by atoms with Crippen LogP contribution in [0.15, 0.2) is 57.7 Å². The van der Waals surface area contributed by atoms with Crippen molar-refractivity contribution in [1.82, 2.24) is 9.78 Å². The Kier molecular flexibility index (Phi) is 2.96. The Morgan fingerprint density at radius 3 is 2.62 bits per heavy atom. The molecule has 0 fully saturated rings. The zero-order valence-corrected chi connectivity index (χ0v) is 12.6. The molecule has 118 valence electrons. The van der Waals surface area contributed by atoms with Crippen molar-refractivity contribution in [2.45, 2.75) is 6.92 Å². The van der Waals surface area contributed by atoms with E-state index in [9.17, 15) is 14.9 Å². The Hall–Kier alpha value is -3.48. The van der Waals surface area contributed by atoms with E-state index in [4.69, 9.17) is 4.42 Å². The first-order valence-corrected chi connectivity index (χ1v) is 7.23. The van der Waals surface area contributed by atoms with Gasteiger partial charge in [-0.3, -0.25) is 10.1 Å². The van der Waals surface area contributed by atoms with Crippen LogP contribution in [0.25, 0.3) is 27.6 Å². The van der Waals surface area contributed by atoms with Crippen LogP contribution in [0.1, 0.15) is 5.69 Å². The maximum Gasteiger partial charge on any atom is 0.347 e. The normalized spacial score (nSPS) is 11.2. The predicted molar refractivity (Wildman–Crippen MR) is 88.5 cm³/mol. The van der Waals surface area contributed by atoms with Gasteiger partial charge in [0.1, 0.15) is 16.7 Å². The van der Waals surface area contributed by atoms with E-state index < -0.39 is 10.5 Å². The Morgan fingerprint density at radius 1 is 1.12 bits per heavy atom. The zero-order valence-electron chi connectivity index (χ0n) is 12.6. The standard InChI is InChI=1S/C17H11N3O4/c1-10-15-16(11-6-2-5-9-14(11)24-17(15)21)19(18-10)12-7-3-4-8-13(12)20(22)23/h2-9H,1H3. The molecule has 2 aromatic carbocycles. The highest BCUT2D eigenvalue weighted by molar-refractivity contribution is 6.03. The van der Waals surface area contributed by atoms with Crippen LogP contribution >= 0.6 is 0 Å². The second-order valence-electron chi connectivity index (χ2n) is 5.35. The minimum atomic E-state index is -0.508. The van der Waals surface area contributed by atoms with Crippen molar-refractivity contribution in [1.29, 1.82) is 0 Å². The van der Waals surface area contributed by atoms with Gasteiger partial charge in [0, 0.05) is 11.5 Å². The van der Waals surface area contributed by atoms with Gasteiger partial charge in [-0.2, -0.15) is 5.10 Å². The third-order valence-electron chi connectivity index (χ3n) is 3.92. The molecular formula is C17H11N3O4. The predicted octanol–water partition coefficient (Wildman–Crippen LogP) is 3.35. The molecule has 0 atom stereocenters. The molecule has 0 aliphatic carbocycles. The molecule has 2 aromatic heterocycles. The number of hydrogen-bond acceptors (Lipinski definition) is 5. The number of aryl methyl sites for hydroxylation is 1. The van der Waals surface area contributed by atoms with Crippen molar-refractivity contribution in [3.8, 4) is 5.69 Å². The molecule has 0 aliphatic rings. The van der Waals surface area contributed by atoms with Crippen LogP contribution < -0.4 is 5.63 Å². The Morgan fingerprint density at radius 2 is 1.83 bits per heavy atom. The van der Waals surface area contributed by atoms with E-state index in [0.29, 0.717) is 33.3 Å². The van der Waals surface area contributed by atoms with Gasteiger partial charge in [-0.15, -0.1) is 0 Å². The summed E-state index contributed by atoms with van der Waals surface area (Å²) in [6.07, 6.45) is 0. The third kappa shape index (κ3) is 1.91. The molecule has 0 amide bonds. The molecule has 24 heavy (non-hydrogen) atoms. The van der Waals surface area contributed by atoms with Crippen LogP contribution in [-0.4, -0.2) is 14.7 Å². The highest BCUT2D eigenvalue weighted by Gasteiger charge is 2.22. The maximum atomic E-state index is 12.3. The largest absolute Gasteiger partial charge is 0.422 e. The number of nitro groups is 1. The molecule has 0 saturated heterocycles. The molecule has 0 saturated carbocycles. The van der Waals surface area contributed by atoms with Crippen molar-refractivity contribution in [2.24, 2.45) is 0 Å². The van der Waals surface area contributed by atoms with Crippen molar-refractivity contribution in [2.75, 3.05) is 0 Å². The minimum Gasteiger partial charge on any atom is -0.422 e. The quantitative estimate of drug-likeness (QED) is 0.321. The van der Waals surface area contributed by atoms with Gasteiger partial charge in [-0.05, 0) is 25.1 Å². The number of nitro benzene ring substituents is 1. The average Bonchev–Trinajstić information content (AvgIpc) is 2.93. The summed E-state index contributed by atoms with van der Waals surface area (Å²) >= 11 is 0. The molecule has 4 aromatic rings. The van der Waals surface area contributed by atoms with Crippen LogP contribution in [0.5, 0.6) is 0 Å². The average molecular weight is 321 g/mol. The lowest BCUT2D eigenvalue weighted by Gasteiger charge is -2.06. The fraction of sp³-hybridized carbons (Fsp3) is 0.0588. The molecule has 0 bridgehead atoms. The van der Waals surface area contributed by atoms with Crippen molar-refractivity contribution in [3.63, 3.8) is 0 Å². The summed E-state index contributed by atoms with van der Waals surface area (Å²) in [4.78, 5) is 23.2. The third-order valence-corrected chi connectivity index (χ3v) is 3.92. The molecule has 7 nitrogen and oxygen atoms in total. The molecule has 7 heteroatoms. The van der Waals surface area contributed by atoms with E-state index in [0.717, 1.165) is 0 Å². The molecule has 0 spiro atoms. The Labute approximate surface area is 134 Å². The summed E-state index contributed by atoms with van der Waals surface area (Å²) in [6.45, 7) is 1.68. The van der Waals surface area contributed by atoms with Gasteiger partial charge in [0.15, 0.2) is 0 Å². The van der Waals surface area contributed by atoms with Crippen LogP contribution in [0.2, 0.25) is 0 Å². The second kappa shape index (κ2) is 5.02. The Balaban J connectivity index is 2.23. The molecule has 4 rings (SSSR count). The molecule has 0 N–H and O–H groups in total. The number of fused-ring (bicyclic) bond motifs is 3. The molecule has 0 aliphatic heterocycles. The highest BCUT2D eigenvalue weighted by Crippen LogP contribution is 2.30. The fourth-order valence-corrected chi connectivity index (χ4v) is 2.89. The van der Waals surface area contributed by atoms with E-state index >= 15 is 0 Å². The lowest BCUT2D eigenvalue weighted by atomic mass is 10.1. The summed E-state index contributed by atoms with van der Waals surface area (Å²) in [5, 5.41) is 16.7. The van der Waals surface area contributed by atoms with Crippen LogP contribution in [0, 0.1) is 17.0 Å². The van der Waals surface area contributed by atoms with Gasteiger partial charge >= 0.3 is 5.63 Å². The number of aromatic nitrogens is 2. The van der Waals surface area contributed by atoms with Crippen molar-refractivity contribution >= 4 is 27.6 Å². The first-order chi connectivity index (χ1) is 11.6. The van der Waals surface area contributed by atoms with Crippen molar-refractivity contribution < 1.29 is 9.34 Å². The molecule has 0 radical (unpaired) electrons. The van der Waals surface area contributed by atoms with Gasteiger partial charge in [-0.25, -0.2) is 9.48 Å². The number of benzene rings is 2. The second-order valence-corrected chi connectivity index (χ2v) is 5.35. The summed E-state index contributed by atoms with van der Waals surface area (Å²) < 4.78 is 6.79. The van der Waals surface area contributed by atoms with Gasteiger partial charge in [-0.1, -0.05) is 24.3 Å².